The number of anilines is 1. The number of carbonyl (C=O) groups is 1. The minimum Gasteiger partial charge on any atom is -0.390 e. The fourth-order valence-electron chi connectivity index (χ4n) is 4.58. The fraction of sp³-hybridized carbons (Fsp3) is 0.429. The van der Waals surface area contributed by atoms with Crippen LogP contribution in [0.1, 0.15) is 19.3 Å². The van der Waals surface area contributed by atoms with Crippen molar-refractivity contribution in [2.45, 2.75) is 49.6 Å². The lowest BCUT2D eigenvalue weighted by molar-refractivity contribution is -0.131. The quantitative estimate of drug-likeness (QED) is 0.584. The topological polar surface area (TPSA) is 84.8 Å². The van der Waals surface area contributed by atoms with Crippen molar-refractivity contribution in [1.82, 2.24) is 10.6 Å². The zero-order valence-corrected chi connectivity index (χ0v) is 16.1. The molecule has 2 aliphatic carbocycles. The first-order valence-corrected chi connectivity index (χ1v) is 10.2. The van der Waals surface area contributed by atoms with E-state index < -0.39 is 24.2 Å². The maximum absolute atomic E-state index is 13.0. The van der Waals surface area contributed by atoms with E-state index in [0.29, 0.717) is 5.11 Å². The molecule has 7 heteroatoms. The highest BCUT2D eigenvalue weighted by Gasteiger charge is 2.54. The molecule has 1 heterocycles. The van der Waals surface area contributed by atoms with E-state index in [2.05, 4.69) is 10.6 Å². The molecule has 28 heavy (non-hydrogen) atoms. The second-order valence-electron chi connectivity index (χ2n) is 8.02. The number of hydrogen-bond acceptors (Lipinski definition) is 4. The normalized spacial score (nSPS) is 32.1. The van der Waals surface area contributed by atoms with Crippen molar-refractivity contribution < 1.29 is 15.0 Å². The Hall–Kier alpha value is -2.22. The third kappa shape index (κ3) is 2.85. The van der Waals surface area contributed by atoms with E-state index in [-0.39, 0.29) is 24.4 Å². The number of aliphatic hydroxyl groups is 2. The van der Waals surface area contributed by atoms with Gasteiger partial charge in [0.15, 0.2) is 5.11 Å². The summed E-state index contributed by atoms with van der Waals surface area (Å²) >= 11 is 5.62. The number of amides is 1. The Morgan fingerprint density at radius 1 is 1.14 bits per heavy atom. The van der Waals surface area contributed by atoms with Crippen LogP contribution in [0.2, 0.25) is 0 Å². The lowest BCUT2D eigenvalue weighted by Gasteiger charge is -2.41. The largest absolute Gasteiger partial charge is 0.390 e. The number of aliphatic hydroxyl groups excluding tert-OH is 2. The number of nitrogens with one attached hydrogen (secondary N) is 2. The predicted molar refractivity (Wildman–Crippen MR) is 111 cm³/mol. The first-order chi connectivity index (χ1) is 13.5. The number of hydrogen-bond donors (Lipinski definition) is 4. The molecule has 3 aliphatic rings. The Balaban J connectivity index is 1.58. The lowest BCUT2D eigenvalue weighted by atomic mass is 9.77. The average molecular weight is 398 g/mol. The average Bonchev–Trinajstić information content (AvgIpc) is 3.44. The fourth-order valence-corrected chi connectivity index (χ4v) is 4.93. The summed E-state index contributed by atoms with van der Waals surface area (Å²) < 4.78 is 0. The number of thiocarbonyl (C=S) groups is 1. The van der Waals surface area contributed by atoms with Gasteiger partial charge in [0.05, 0.1) is 29.8 Å². The van der Waals surface area contributed by atoms with Gasteiger partial charge in [-0.3, -0.25) is 4.79 Å². The van der Waals surface area contributed by atoms with Crippen molar-refractivity contribution >= 4 is 39.7 Å². The van der Waals surface area contributed by atoms with Gasteiger partial charge in [0.2, 0.25) is 5.91 Å². The van der Waals surface area contributed by atoms with Gasteiger partial charge in [-0.15, -0.1) is 0 Å². The Labute approximate surface area is 168 Å². The van der Waals surface area contributed by atoms with Crippen LogP contribution in [0.15, 0.2) is 42.5 Å². The van der Waals surface area contributed by atoms with E-state index in [9.17, 15) is 15.0 Å². The van der Waals surface area contributed by atoms with Gasteiger partial charge >= 0.3 is 0 Å². The maximum Gasteiger partial charge on any atom is 0.225 e. The van der Waals surface area contributed by atoms with Crippen LogP contribution in [0.3, 0.4) is 0 Å². The summed E-state index contributed by atoms with van der Waals surface area (Å²) in [6, 6.07) is 13.4. The van der Waals surface area contributed by atoms with E-state index in [4.69, 9.17) is 12.2 Å². The minimum atomic E-state index is -0.979. The molecule has 4 N–H and O–H groups in total. The molecule has 3 fully saturated rings. The molecule has 2 aromatic rings. The highest BCUT2D eigenvalue weighted by atomic mass is 32.1. The van der Waals surface area contributed by atoms with Crippen molar-refractivity contribution in [3.8, 4) is 0 Å². The molecule has 0 radical (unpaired) electrons. The number of carbonyl (C=O) groups excluding carboxylic acids is 1. The molecule has 2 saturated carbocycles. The molecule has 0 bridgehead atoms. The van der Waals surface area contributed by atoms with Crippen LogP contribution in [-0.4, -0.2) is 51.6 Å². The third-order valence-corrected chi connectivity index (χ3v) is 6.45. The summed E-state index contributed by atoms with van der Waals surface area (Å²) in [5, 5.41) is 29.8. The van der Waals surface area contributed by atoms with E-state index >= 15 is 0 Å². The van der Waals surface area contributed by atoms with Crippen molar-refractivity contribution in [2.24, 2.45) is 5.92 Å². The van der Waals surface area contributed by atoms with Crippen molar-refractivity contribution in [3.63, 3.8) is 0 Å². The first-order valence-electron chi connectivity index (χ1n) is 9.78. The molecule has 0 spiro atoms. The van der Waals surface area contributed by atoms with Crippen LogP contribution in [0, 0.1) is 5.92 Å². The molecular formula is C21H23N3O3S. The summed E-state index contributed by atoms with van der Waals surface area (Å²) in [5.41, 5.74) is 0.913. The zero-order chi connectivity index (χ0) is 19.4. The van der Waals surface area contributed by atoms with Crippen LogP contribution >= 0.6 is 12.2 Å². The van der Waals surface area contributed by atoms with Crippen LogP contribution in [0.4, 0.5) is 5.69 Å². The van der Waals surface area contributed by atoms with Gasteiger partial charge in [0, 0.05) is 11.4 Å². The summed E-state index contributed by atoms with van der Waals surface area (Å²) in [4.78, 5) is 15.0. The van der Waals surface area contributed by atoms with Gasteiger partial charge in [-0.25, -0.2) is 0 Å². The predicted octanol–water partition coefficient (Wildman–Crippen LogP) is 1.29. The second-order valence-corrected chi connectivity index (χ2v) is 8.40. The zero-order valence-electron chi connectivity index (χ0n) is 15.3. The number of nitrogens with zero attached hydrogens (tertiary/aromatic N) is 1. The third-order valence-electron chi connectivity index (χ3n) is 6.13. The maximum atomic E-state index is 13.0. The molecule has 146 valence electrons. The Morgan fingerprint density at radius 3 is 2.68 bits per heavy atom. The molecule has 0 aromatic heterocycles. The van der Waals surface area contributed by atoms with E-state index in [0.717, 1.165) is 29.3 Å². The van der Waals surface area contributed by atoms with Gasteiger partial charge in [0.1, 0.15) is 6.10 Å². The molecule has 2 aromatic carbocycles. The molecule has 1 aliphatic heterocycles. The van der Waals surface area contributed by atoms with Crippen LogP contribution in [-0.2, 0) is 4.79 Å². The molecule has 1 saturated heterocycles. The summed E-state index contributed by atoms with van der Waals surface area (Å²) in [6.07, 6.45) is 0.279. The van der Waals surface area contributed by atoms with Gasteiger partial charge in [-0.05, 0) is 42.9 Å². The molecule has 1 amide bonds. The molecule has 6 nitrogen and oxygen atoms in total. The monoisotopic (exact) mass is 397 g/mol. The van der Waals surface area contributed by atoms with Gasteiger partial charge < -0.3 is 25.7 Å². The SMILES string of the molecule is O=C(NC1CC1)[C@@H]1C[C@@H](O)[C@H](O)[C@@H]2NC(=S)N(c3cccc4ccccc34)[C@H]21. The number of fused-ring (bicyclic) bond motifs is 2. The molecular weight excluding hydrogens is 374 g/mol. The van der Waals surface area contributed by atoms with Crippen molar-refractivity contribution in [3.05, 3.63) is 42.5 Å². The van der Waals surface area contributed by atoms with Crippen LogP contribution < -0.4 is 15.5 Å². The summed E-state index contributed by atoms with van der Waals surface area (Å²) in [6.45, 7) is 0. The van der Waals surface area contributed by atoms with Crippen LogP contribution in [0.25, 0.3) is 10.8 Å². The van der Waals surface area contributed by atoms with Gasteiger partial charge in [-0.2, -0.15) is 0 Å². The highest BCUT2D eigenvalue weighted by molar-refractivity contribution is 7.80. The van der Waals surface area contributed by atoms with Crippen LogP contribution in [0.5, 0.6) is 0 Å². The number of benzene rings is 2. The molecule has 0 unspecified atom stereocenters. The first kappa shape index (κ1) is 17.8. The van der Waals surface area contributed by atoms with E-state index in [1.165, 1.54) is 0 Å². The number of rotatable bonds is 3. The van der Waals surface area contributed by atoms with E-state index in [1.54, 1.807) is 0 Å². The summed E-state index contributed by atoms with van der Waals surface area (Å²) in [5.74, 6) is -0.531. The Morgan fingerprint density at radius 2 is 1.89 bits per heavy atom. The second kappa shape index (κ2) is 6.69. The smallest absolute Gasteiger partial charge is 0.225 e. The molecule has 5 atom stereocenters. The highest BCUT2D eigenvalue weighted by Crippen LogP contribution is 2.39. The van der Waals surface area contributed by atoms with Crippen molar-refractivity contribution in [2.75, 3.05) is 4.90 Å². The van der Waals surface area contributed by atoms with Gasteiger partial charge in [-0.1, -0.05) is 36.4 Å². The Bertz CT molecular complexity index is 942. The lowest BCUT2D eigenvalue weighted by Crippen LogP contribution is -2.61. The molecule has 5 rings (SSSR count). The van der Waals surface area contributed by atoms with E-state index in [1.807, 2.05) is 47.4 Å². The Kier molecular flexibility index (Phi) is 4.26. The minimum absolute atomic E-state index is 0.0693. The standard InChI is InChI=1S/C21H23N3O3S/c25-16-10-14(20(27)22-12-8-9-12)18-17(19(16)26)23-21(28)24(18)15-7-3-5-11-4-1-2-6-13(11)15/h1-7,12,14,16-19,25-26H,8-10H2,(H,22,27)(H,23,28)/t14-,16-,17-,18+,19+/m1/s1. The summed E-state index contributed by atoms with van der Waals surface area (Å²) in [7, 11) is 0. The van der Waals surface area contributed by atoms with Gasteiger partial charge in [0.25, 0.3) is 0 Å². The van der Waals surface area contributed by atoms with Crippen molar-refractivity contribution in [1.29, 1.82) is 0 Å².